The number of aliphatic hydroxyl groups excluding tert-OH is 1. The first-order valence-corrected chi connectivity index (χ1v) is 6.53. The van der Waals surface area contributed by atoms with E-state index in [4.69, 9.17) is 0 Å². The van der Waals surface area contributed by atoms with Crippen molar-refractivity contribution in [3.05, 3.63) is 66.0 Å². The Labute approximate surface area is 122 Å². The van der Waals surface area contributed by atoms with Gasteiger partial charge in [0.05, 0.1) is 11.0 Å². The summed E-state index contributed by atoms with van der Waals surface area (Å²) in [4.78, 5) is 4.45. The topological polar surface area (TPSA) is 61.8 Å². The minimum absolute atomic E-state index is 0.0588. The smallest absolute Gasteiger partial charge is 0.155 e. The van der Waals surface area contributed by atoms with Crippen LogP contribution in [0.2, 0.25) is 0 Å². The molecule has 3 aromatic rings. The highest BCUT2D eigenvalue weighted by Gasteiger charge is 2.17. The highest BCUT2D eigenvalue weighted by atomic mass is 16.3. The highest BCUT2D eigenvalue weighted by molar-refractivity contribution is 5.94. The molecule has 1 heterocycles. The zero-order valence-corrected chi connectivity index (χ0v) is 11.5. The van der Waals surface area contributed by atoms with Gasteiger partial charge in [-0.2, -0.15) is 5.26 Å². The van der Waals surface area contributed by atoms with E-state index in [1.807, 2.05) is 54.1 Å². The summed E-state index contributed by atoms with van der Waals surface area (Å²) in [6.07, 6.45) is 0. The molecule has 1 aromatic heterocycles. The highest BCUT2D eigenvalue weighted by Crippen LogP contribution is 2.25. The molecule has 2 aromatic carbocycles. The lowest BCUT2D eigenvalue weighted by atomic mass is 10.1. The number of aromatic nitrogens is 2. The number of aliphatic hydroxyl groups is 1. The summed E-state index contributed by atoms with van der Waals surface area (Å²) >= 11 is 0. The van der Waals surface area contributed by atoms with Gasteiger partial charge in [-0.3, -0.25) is 0 Å². The van der Waals surface area contributed by atoms with Gasteiger partial charge >= 0.3 is 0 Å². The third-order valence-electron chi connectivity index (χ3n) is 3.41. The molecule has 0 radical (unpaired) electrons. The van der Waals surface area contributed by atoms with Gasteiger partial charge in [0.15, 0.2) is 5.82 Å². The van der Waals surface area contributed by atoms with Crippen LogP contribution in [-0.2, 0) is 7.05 Å². The van der Waals surface area contributed by atoms with E-state index in [2.05, 4.69) is 11.1 Å². The van der Waals surface area contributed by atoms with Crippen molar-refractivity contribution >= 4 is 22.4 Å². The molecular formula is C17H13N3O. The lowest BCUT2D eigenvalue weighted by Gasteiger charge is -2.05. The molecular weight excluding hydrogens is 262 g/mol. The first-order chi connectivity index (χ1) is 10.2. The van der Waals surface area contributed by atoms with E-state index in [0.29, 0.717) is 11.4 Å². The summed E-state index contributed by atoms with van der Waals surface area (Å²) in [6, 6.07) is 18.7. The maximum Gasteiger partial charge on any atom is 0.155 e. The predicted octanol–water partition coefficient (Wildman–Crippen LogP) is 3.52. The third-order valence-corrected chi connectivity index (χ3v) is 3.41. The lowest BCUT2D eigenvalue weighted by molar-refractivity contribution is 0.513. The molecule has 0 unspecified atom stereocenters. The van der Waals surface area contributed by atoms with Crippen LogP contribution in [0.3, 0.4) is 0 Å². The molecule has 0 aliphatic heterocycles. The zero-order chi connectivity index (χ0) is 14.8. The number of hydrogen-bond acceptors (Lipinski definition) is 3. The van der Waals surface area contributed by atoms with E-state index >= 15 is 0 Å². The molecule has 0 fully saturated rings. The van der Waals surface area contributed by atoms with Crippen LogP contribution >= 0.6 is 0 Å². The number of nitriles is 1. The molecule has 3 rings (SSSR count). The van der Waals surface area contributed by atoms with Crippen LogP contribution in [0.1, 0.15) is 11.4 Å². The Balaban J connectivity index is 2.24. The van der Waals surface area contributed by atoms with Crippen molar-refractivity contribution in [3.63, 3.8) is 0 Å². The van der Waals surface area contributed by atoms with Crippen LogP contribution in [0.15, 0.2) is 54.6 Å². The largest absolute Gasteiger partial charge is 0.506 e. The first-order valence-electron chi connectivity index (χ1n) is 6.53. The van der Waals surface area contributed by atoms with Crippen LogP contribution in [-0.4, -0.2) is 14.7 Å². The van der Waals surface area contributed by atoms with Gasteiger partial charge in [0, 0.05) is 12.6 Å². The van der Waals surface area contributed by atoms with Crippen molar-refractivity contribution in [3.8, 4) is 6.07 Å². The van der Waals surface area contributed by atoms with Gasteiger partial charge in [0.1, 0.15) is 17.4 Å². The number of benzene rings is 2. The Kier molecular flexibility index (Phi) is 3.17. The predicted molar refractivity (Wildman–Crippen MR) is 82.2 cm³/mol. The van der Waals surface area contributed by atoms with Gasteiger partial charge < -0.3 is 9.67 Å². The molecule has 0 bridgehead atoms. The monoisotopic (exact) mass is 275 g/mol. The van der Waals surface area contributed by atoms with Gasteiger partial charge in [-0.1, -0.05) is 42.5 Å². The molecule has 0 spiro atoms. The van der Waals surface area contributed by atoms with E-state index < -0.39 is 0 Å². The van der Waals surface area contributed by atoms with E-state index in [1.54, 1.807) is 12.1 Å². The second-order valence-electron chi connectivity index (χ2n) is 4.68. The fourth-order valence-corrected chi connectivity index (χ4v) is 2.32. The summed E-state index contributed by atoms with van der Waals surface area (Å²) in [7, 11) is 1.83. The molecule has 0 aliphatic carbocycles. The van der Waals surface area contributed by atoms with E-state index in [-0.39, 0.29) is 11.3 Å². The SMILES string of the molecule is Cn1c(/C(C#N)=C(/O)c2ccccc2)nc2ccccc21. The third kappa shape index (κ3) is 2.15. The van der Waals surface area contributed by atoms with Crippen molar-refractivity contribution in [1.29, 1.82) is 5.26 Å². The van der Waals surface area contributed by atoms with Crippen molar-refractivity contribution in [1.82, 2.24) is 9.55 Å². The minimum Gasteiger partial charge on any atom is -0.506 e. The number of nitrogens with zero attached hydrogens (tertiary/aromatic N) is 3. The summed E-state index contributed by atoms with van der Waals surface area (Å²) in [5, 5.41) is 19.8. The summed E-state index contributed by atoms with van der Waals surface area (Å²) in [5.74, 6) is 0.400. The second kappa shape index (κ2) is 5.14. The van der Waals surface area contributed by atoms with Gasteiger partial charge in [0.2, 0.25) is 0 Å². The van der Waals surface area contributed by atoms with Crippen molar-refractivity contribution in [2.45, 2.75) is 0 Å². The number of imidazole rings is 1. The zero-order valence-electron chi connectivity index (χ0n) is 11.5. The quantitative estimate of drug-likeness (QED) is 0.575. The summed E-state index contributed by atoms with van der Waals surface area (Å²) in [5.41, 5.74) is 2.48. The van der Waals surface area contributed by atoms with Crippen LogP contribution in [0.5, 0.6) is 0 Å². The van der Waals surface area contributed by atoms with Crippen LogP contribution < -0.4 is 0 Å². The van der Waals surface area contributed by atoms with Gasteiger partial charge in [-0.15, -0.1) is 0 Å². The van der Waals surface area contributed by atoms with Crippen LogP contribution in [0.25, 0.3) is 22.4 Å². The molecule has 21 heavy (non-hydrogen) atoms. The van der Waals surface area contributed by atoms with Crippen molar-refractivity contribution in [2.75, 3.05) is 0 Å². The normalized spacial score (nSPS) is 12.0. The molecule has 102 valence electrons. The standard InChI is InChI=1S/C17H13N3O/c1-20-15-10-6-5-9-14(15)19-17(20)13(11-18)16(21)12-7-3-2-4-8-12/h2-10,21H,1H3/b16-13+. The summed E-state index contributed by atoms with van der Waals surface area (Å²) in [6.45, 7) is 0. The summed E-state index contributed by atoms with van der Waals surface area (Å²) < 4.78 is 1.81. The second-order valence-corrected chi connectivity index (χ2v) is 4.68. The Hall–Kier alpha value is -3.06. The molecule has 4 nitrogen and oxygen atoms in total. The molecule has 0 amide bonds. The molecule has 0 saturated carbocycles. The molecule has 0 atom stereocenters. The molecule has 0 saturated heterocycles. The van der Waals surface area contributed by atoms with Crippen LogP contribution in [0, 0.1) is 11.3 Å². The Bertz CT molecular complexity index is 870. The number of fused-ring (bicyclic) bond motifs is 1. The average molecular weight is 275 g/mol. The molecule has 4 heteroatoms. The Morgan fingerprint density at radius 3 is 2.43 bits per heavy atom. The fraction of sp³-hybridized carbons (Fsp3) is 0.0588. The number of allylic oxidation sites excluding steroid dienone is 1. The number of rotatable bonds is 2. The maximum atomic E-state index is 10.4. The fourth-order valence-electron chi connectivity index (χ4n) is 2.32. The molecule has 0 aliphatic rings. The number of para-hydroxylation sites is 2. The maximum absolute atomic E-state index is 10.4. The average Bonchev–Trinajstić information content (AvgIpc) is 2.86. The minimum atomic E-state index is -0.0588. The van der Waals surface area contributed by atoms with Gasteiger partial charge in [-0.05, 0) is 12.1 Å². The first kappa shape index (κ1) is 12.9. The van der Waals surface area contributed by atoms with Crippen molar-refractivity contribution in [2.24, 2.45) is 7.05 Å². The lowest BCUT2D eigenvalue weighted by Crippen LogP contribution is -1.99. The Morgan fingerprint density at radius 1 is 1.10 bits per heavy atom. The van der Waals surface area contributed by atoms with Crippen LogP contribution in [0.4, 0.5) is 0 Å². The molecule has 1 N–H and O–H groups in total. The van der Waals surface area contributed by atoms with Crippen molar-refractivity contribution < 1.29 is 5.11 Å². The van der Waals surface area contributed by atoms with Gasteiger partial charge in [-0.25, -0.2) is 4.98 Å². The van der Waals surface area contributed by atoms with E-state index in [9.17, 15) is 10.4 Å². The van der Waals surface area contributed by atoms with E-state index in [0.717, 1.165) is 11.0 Å². The Morgan fingerprint density at radius 2 is 1.76 bits per heavy atom. The number of aryl methyl sites for hydroxylation is 1. The number of hydrogen-bond donors (Lipinski definition) is 1. The van der Waals surface area contributed by atoms with Gasteiger partial charge in [0.25, 0.3) is 0 Å². The van der Waals surface area contributed by atoms with E-state index in [1.165, 1.54) is 0 Å².